The van der Waals surface area contributed by atoms with Crippen molar-refractivity contribution < 1.29 is 14.3 Å². The summed E-state index contributed by atoms with van der Waals surface area (Å²) in [5.41, 5.74) is -0.526. The van der Waals surface area contributed by atoms with Crippen molar-refractivity contribution in [3.05, 3.63) is 0 Å². The Bertz CT molecular complexity index is 226. The second kappa shape index (κ2) is 6.21. The molecule has 4 nitrogen and oxygen atoms in total. The van der Waals surface area contributed by atoms with Crippen molar-refractivity contribution in [3.8, 4) is 0 Å². The summed E-state index contributed by atoms with van der Waals surface area (Å²) in [7, 11) is 1.45. The molecule has 0 spiro atoms. The molecule has 0 saturated carbocycles. The molecule has 0 aromatic heterocycles. The third kappa shape index (κ3) is 2.95. The zero-order valence-electron chi connectivity index (χ0n) is 10.5. The van der Waals surface area contributed by atoms with Crippen molar-refractivity contribution in [3.63, 3.8) is 0 Å². The lowest BCUT2D eigenvalue weighted by atomic mass is 9.85. The zero-order chi connectivity index (χ0) is 12.0. The van der Waals surface area contributed by atoms with Crippen molar-refractivity contribution in [1.29, 1.82) is 0 Å². The van der Waals surface area contributed by atoms with Crippen LogP contribution in [0.3, 0.4) is 0 Å². The topological polar surface area (TPSA) is 47.6 Å². The lowest BCUT2D eigenvalue weighted by molar-refractivity contribution is -0.156. The van der Waals surface area contributed by atoms with E-state index in [2.05, 4.69) is 12.2 Å². The molecule has 4 heteroatoms. The highest BCUT2D eigenvalue weighted by Crippen LogP contribution is 2.28. The predicted molar refractivity (Wildman–Crippen MR) is 62.3 cm³/mol. The van der Waals surface area contributed by atoms with Crippen LogP contribution in [-0.4, -0.2) is 37.9 Å². The molecule has 0 radical (unpaired) electrons. The molecule has 16 heavy (non-hydrogen) atoms. The molecule has 94 valence electrons. The van der Waals surface area contributed by atoms with Gasteiger partial charge in [0.2, 0.25) is 0 Å². The third-order valence-corrected chi connectivity index (χ3v) is 3.16. The van der Waals surface area contributed by atoms with E-state index in [4.69, 9.17) is 9.47 Å². The Kier molecular flexibility index (Phi) is 5.22. The molecule has 0 bridgehead atoms. The van der Waals surface area contributed by atoms with Crippen LogP contribution < -0.4 is 5.32 Å². The largest absolute Gasteiger partial charge is 0.468 e. The molecule has 1 rings (SSSR count). The van der Waals surface area contributed by atoms with Crippen LogP contribution in [0, 0.1) is 0 Å². The molecule has 1 aliphatic heterocycles. The lowest BCUT2D eigenvalue weighted by Gasteiger charge is -2.39. The fourth-order valence-corrected chi connectivity index (χ4v) is 2.41. The maximum atomic E-state index is 11.9. The first-order valence-electron chi connectivity index (χ1n) is 6.13. The van der Waals surface area contributed by atoms with Crippen molar-refractivity contribution in [2.75, 3.05) is 20.3 Å². The fourth-order valence-electron chi connectivity index (χ4n) is 2.41. The number of hydrogen-bond donors (Lipinski definition) is 1. The molecule has 1 N–H and O–H groups in total. The molecule has 1 heterocycles. The van der Waals surface area contributed by atoms with E-state index in [-0.39, 0.29) is 12.1 Å². The molecule has 0 aliphatic carbocycles. The van der Waals surface area contributed by atoms with Crippen LogP contribution in [-0.2, 0) is 14.3 Å². The standard InChI is InChI=1S/C12H23NO3/c1-4-6-10-9-12(13-5-2,7-8-16-10)11(14)15-3/h10,13H,4-9H2,1-3H3. The van der Waals surface area contributed by atoms with Gasteiger partial charge in [-0.25, -0.2) is 0 Å². The zero-order valence-corrected chi connectivity index (χ0v) is 10.5. The number of likely N-dealkylation sites (N-methyl/N-ethyl adjacent to an activating group) is 1. The summed E-state index contributed by atoms with van der Waals surface area (Å²) in [5.74, 6) is -0.154. The Morgan fingerprint density at radius 1 is 1.56 bits per heavy atom. The smallest absolute Gasteiger partial charge is 0.326 e. The second-order valence-corrected chi connectivity index (χ2v) is 4.34. The fraction of sp³-hybridized carbons (Fsp3) is 0.917. The van der Waals surface area contributed by atoms with Crippen molar-refractivity contribution in [1.82, 2.24) is 5.32 Å². The molecule has 0 aromatic carbocycles. The van der Waals surface area contributed by atoms with Gasteiger partial charge in [0, 0.05) is 13.0 Å². The van der Waals surface area contributed by atoms with E-state index in [0.29, 0.717) is 13.0 Å². The summed E-state index contributed by atoms with van der Waals surface area (Å²) >= 11 is 0. The van der Waals surface area contributed by atoms with E-state index in [1.807, 2.05) is 6.92 Å². The van der Waals surface area contributed by atoms with Gasteiger partial charge in [-0.2, -0.15) is 0 Å². The van der Waals surface area contributed by atoms with Crippen molar-refractivity contribution in [2.45, 2.75) is 51.2 Å². The first kappa shape index (κ1) is 13.5. The van der Waals surface area contributed by atoms with Crippen molar-refractivity contribution >= 4 is 5.97 Å². The average molecular weight is 229 g/mol. The Balaban J connectivity index is 2.71. The number of carbonyl (C=O) groups excluding carboxylic acids is 1. The minimum atomic E-state index is -0.526. The molecule has 0 aromatic rings. The van der Waals surface area contributed by atoms with Crippen LogP contribution in [0.4, 0.5) is 0 Å². The number of nitrogens with one attached hydrogen (secondary N) is 1. The van der Waals surface area contributed by atoms with Crippen LogP contribution >= 0.6 is 0 Å². The Morgan fingerprint density at radius 3 is 2.88 bits per heavy atom. The van der Waals surface area contributed by atoms with Gasteiger partial charge in [-0.3, -0.25) is 4.79 Å². The molecule has 1 aliphatic rings. The van der Waals surface area contributed by atoms with Crippen LogP contribution in [0.25, 0.3) is 0 Å². The SMILES string of the molecule is CCCC1CC(NCC)(C(=O)OC)CCO1. The molecule has 1 saturated heterocycles. The maximum Gasteiger partial charge on any atom is 0.326 e. The normalized spacial score (nSPS) is 30.1. The molecular weight excluding hydrogens is 206 g/mol. The van der Waals surface area contributed by atoms with Gasteiger partial charge in [0.25, 0.3) is 0 Å². The third-order valence-electron chi connectivity index (χ3n) is 3.16. The number of hydrogen-bond acceptors (Lipinski definition) is 4. The molecule has 1 fully saturated rings. The number of carbonyl (C=O) groups is 1. The Labute approximate surface area is 97.7 Å². The van der Waals surface area contributed by atoms with E-state index in [9.17, 15) is 4.79 Å². The predicted octanol–water partition coefficient (Wildman–Crippen LogP) is 1.49. The van der Waals surface area contributed by atoms with Gasteiger partial charge in [0.15, 0.2) is 0 Å². The highest BCUT2D eigenvalue weighted by molar-refractivity contribution is 5.81. The van der Waals surface area contributed by atoms with E-state index < -0.39 is 5.54 Å². The van der Waals surface area contributed by atoms with E-state index in [1.54, 1.807) is 0 Å². The van der Waals surface area contributed by atoms with Gasteiger partial charge in [0.05, 0.1) is 13.2 Å². The summed E-state index contributed by atoms with van der Waals surface area (Å²) in [6.07, 6.45) is 3.68. The van der Waals surface area contributed by atoms with Crippen LogP contribution in [0.15, 0.2) is 0 Å². The summed E-state index contributed by atoms with van der Waals surface area (Å²) in [6.45, 7) is 5.54. The van der Waals surface area contributed by atoms with Crippen molar-refractivity contribution in [2.24, 2.45) is 0 Å². The Hall–Kier alpha value is -0.610. The van der Waals surface area contributed by atoms with Gasteiger partial charge in [-0.1, -0.05) is 20.3 Å². The molecule has 2 unspecified atom stereocenters. The minimum Gasteiger partial charge on any atom is -0.468 e. The summed E-state index contributed by atoms with van der Waals surface area (Å²) in [5, 5.41) is 3.28. The van der Waals surface area contributed by atoms with Crippen LogP contribution in [0.1, 0.15) is 39.5 Å². The molecular formula is C12H23NO3. The number of esters is 1. The monoisotopic (exact) mass is 229 g/mol. The molecule has 2 atom stereocenters. The highest BCUT2D eigenvalue weighted by Gasteiger charge is 2.43. The van der Waals surface area contributed by atoms with Crippen LogP contribution in [0.2, 0.25) is 0 Å². The van der Waals surface area contributed by atoms with E-state index in [0.717, 1.165) is 25.8 Å². The highest BCUT2D eigenvalue weighted by atomic mass is 16.5. The quantitative estimate of drug-likeness (QED) is 0.726. The number of rotatable bonds is 5. The Morgan fingerprint density at radius 2 is 2.31 bits per heavy atom. The van der Waals surface area contributed by atoms with Crippen LogP contribution in [0.5, 0.6) is 0 Å². The summed E-state index contributed by atoms with van der Waals surface area (Å²) in [6, 6.07) is 0. The minimum absolute atomic E-state index is 0.154. The number of ether oxygens (including phenoxy) is 2. The second-order valence-electron chi connectivity index (χ2n) is 4.34. The summed E-state index contributed by atoms with van der Waals surface area (Å²) < 4.78 is 10.6. The van der Waals surface area contributed by atoms with Gasteiger partial charge in [0.1, 0.15) is 5.54 Å². The van der Waals surface area contributed by atoms with E-state index >= 15 is 0 Å². The van der Waals surface area contributed by atoms with Gasteiger partial charge < -0.3 is 14.8 Å². The van der Waals surface area contributed by atoms with E-state index in [1.165, 1.54) is 7.11 Å². The first-order chi connectivity index (χ1) is 7.68. The maximum absolute atomic E-state index is 11.9. The summed E-state index contributed by atoms with van der Waals surface area (Å²) in [4.78, 5) is 11.9. The van der Waals surface area contributed by atoms with Gasteiger partial charge in [-0.15, -0.1) is 0 Å². The lowest BCUT2D eigenvalue weighted by Crippen LogP contribution is -2.57. The van der Waals surface area contributed by atoms with Gasteiger partial charge >= 0.3 is 5.97 Å². The van der Waals surface area contributed by atoms with Gasteiger partial charge in [-0.05, 0) is 19.4 Å². The molecule has 0 amide bonds. The first-order valence-corrected chi connectivity index (χ1v) is 6.13. The average Bonchev–Trinajstić information content (AvgIpc) is 2.29. The number of methoxy groups -OCH3 is 1.